The highest BCUT2D eigenvalue weighted by Crippen LogP contribution is 2.23. The second-order valence-corrected chi connectivity index (χ2v) is 7.91. The monoisotopic (exact) mass is 520 g/mol. The highest BCUT2D eigenvalue weighted by molar-refractivity contribution is 9.10. The number of hydrogen-bond acceptors (Lipinski definition) is 5. The van der Waals surface area contributed by atoms with Gasteiger partial charge in [0.25, 0.3) is 5.91 Å². The van der Waals surface area contributed by atoms with Gasteiger partial charge >= 0.3 is 5.97 Å². The fourth-order valence-corrected chi connectivity index (χ4v) is 3.05. The number of esters is 1. The maximum Gasteiger partial charge on any atom is 0.343 e. The molecule has 0 saturated carbocycles. The molecule has 9 heteroatoms. The first-order chi connectivity index (χ1) is 14.9. The van der Waals surface area contributed by atoms with Gasteiger partial charge in [-0.1, -0.05) is 45.2 Å². The molecule has 0 aliphatic heterocycles. The van der Waals surface area contributed by atoms with Crippen LogP contribution in [0.3, 0.4) is 0 Å². The van der Waals surface area contributed by atoms with Crippen molar-refractivity contribution in [2.45, 2.75) is 0 Å². The summed E-state index contributed by atoms with van der Waals surface area (Å²) < 4.78 is 11.6. The maximum absolute atomic E-state index is 12.4. The summed E-state index contributed by atoms with van der Waals surface area (Å²) in [5, 5.41) is 4.93. The maximum atomic E-state index is 12.4. The average Bonchev–Trinajstić information content (AvgIpc) is 2.74. The number of hydrogen-bond donors (Lipinski definition) is 1. The van der Waals surface area contributed by atoms with Crippen molar-refractivity contribution in [1.82, 2.24) is 5.43 Å². The molecule has 158 valence electrons. The van der Waals surface area contributed by atoms with Crippen molar-refractivity contribution in [2.75, 3.05) is 6.61 Å². The minimum absolute atomic E-state index is 0.241. The van der Waals surface area contributed by atoms with Gasteiger partial charge in [0.2, 0.25) is 0 Å². The van der Waals surface area contributed by atoms with Gasteiger partial charge in [-0.15, -0.1) is 0 Å². The van der Waals surface area contributed by atoms with Crippen molar-refractivity contribution < 1.29 is 19.1 Å². The van der Waals surface area contributed by atoms with Crippen LogP contribution < -0.4 is 14.9 Å². The SMILES string of the molecule is O=C(COc1cccc(Cl)c1)N/N=C/c1cc(Br)ccc1OC(=O)c1ccc(Cl)cc1. The predicted molar refractivity (Wildman–Crippen MR) is 123 cm³/mol. The molecule has 1 N–H and O–H groups in total. The average molecular weight is 522 g/mol. The van der Waals surface area contributed by atoms with Gasteiger partial charge < -0.3 is 9.47 Å². The van der Waals surface area contributed by atoms with E-state index >= 15 is 0 Å². The van der Waals surface area contributed by atoms with E-state index in [1.807, 2.05) is 0 Å². The summed E-state index contributed by atoms with van der Waals surface area (Å²) >= 11 is 15.1. The highest BCUT2D eigenvalue weighted by atomic mass is 79.9. The summed E-state index contributed by atoms with van der Waals surface area (Å²) in [5.41, 5.74) is 3.18. The van der Waals surface area contributed by atoms with Crippen LogP contribution in [0.15, 0.2) is 76.3 Å². The molecule has 0 heterocycles. The number of carbonyl (C=O) groups excluding carboxylic acids is 2. The van der Waals surface area contributed by atoms with Crippen molar-refractivity contribution in [3.05, 3.63) is 92.4 Å². The van der Waals surface area contributed by atoms with Crippen LogP contribution in [0.5, 0.6) is 11.5 Å². The smallest absolute Gasteiger partial charge is 0.343 e. The fraction of sp³-hybridized carbons (Fsp3) is 0.0455. The topological polar surface area (TPSA) is 77.0 Å². The van der Waals surface area contributed by atoms with Crippen LogP contribution in [0.25, 0.3) is 0 Å². The van der Waals surface area contributed by atoms with E-state index in [0.29, 0.717) is 26.9 Å². The van der Waals surface area contributed by atoms with E-state index in [1.165, 1.54) is 6.21 Å². The number of nitrogens with one attached hydrogen (secondary N) is 1. The number of amides is 1. The molecule has 3 aromatic rings. The van der Waals surface area contributed by atoms with E-state index in [0.717, 1.165) is 4.47 Å². The minimum atomic E-state index is -0.549. The summed E-state index contributed by atoms with van der Waals surface area (Å²) in [6, 6.07) is 18.1. The Labute approximate surface area is 196 Å². The largest absolute Gasteiger partial charge is 0.484 e. The van der Waals surface area contributed by atoms with Gasteiger partial charge in [0, 0.05) is 20.1 Å². The first kappa shape index (κ1) is 22.8. The summed E-state index contributed by atoms with van der Waals surface area (Å²) in [4.78, 5) is 24.3. The lowest BCUT2D eigenvalue weighted by molar-refractivity contribution is -0.123. The number of ether oxygens (including phenoxy) is 2. The van der Waals surface area contributed by atoms with Crippen molar-refractivity contribution in [3.63, 3.8) is 0 Å². The zero-order chi connectivity index (χ0) is 22.2. The molecule has 31 heavy (non-hydrogen) atoms. The van der Waals surface area contributed by atoms with Crippen LogP contribution in [0.1, 0.15) is 15.9 Å². The van der Waals surface area contributed by atoms with Crippen LogP contribution in [0, 0.1) is 0 Å². The van der Waals surface area contributed by atoms with Crippen molar-refractivity contribution in [3.8, 4) is 11.5 Å². The van der Waals surface area contributed by atoms with Crippen LogP contribution >= 0.6 is 39.1 Å². The van der Waals surface area contributed by atoms with Crippen LogP contribution in [-0.2, 0) is 4.79 Å². The molecule has 0 aliphatic carbocycles. The standard InChI is InChI=1S/C22H15BrCl2N2O4/c23-16-6-9-20(31-22(29)14-4-7-17(24)8-5-14)15(10-16)12-26-27-21(28)13-30-19-3-1-2-18(25)11-19/h1-12H,13H2,(H,27,28)/b26-12+. The van der Waals surface area contributed by atoms with E-state index in [2.05, 4.69) is 26.5 Å². The van der Waals surface area contributed by atoms with Gasteiger partial charge in [-0.3, -0.25) is 4.79 Å². The van der Waals surface area contributed by atoms with E-state index < -0.39 is 11.9 Å². The normalized spacial score (nSPS) is 10.7. The lowest BCUT2D eigenvalue weighted by Gasteiger charge is -2.08. The molecule has 0 unspecified atom stereocenters. The molecule has 0 saturated heterocycles. The first-order valence-corrected chi connectivity index (χ1v) is 10.4. The quantitative estimate of drug-likeness (QED) is 0.192. The third kappa shape index (κ3) is 7.10. The van der Waals surface area contributed by atoms with E-state index in [4.69, 9.17) is 32.7 Å². The molecule has 0 spiro atoms. The molecule has 6 nitrogen and oxygen atoms in total. The molecular weight excluding hydrogens is 507 g/mol. The molecular formula is C22H15BrCl2N2O4. The Morgan fingerprint density at radius 2 is 1.77 bits per heavy atom. The van der Waals surface area contributed by atoms with E-state index in [9.17, 15) is 9.59 Å². The van der Waals surface area contributed by atoms with Gasteiger partial charge in [0.15, 0.2) is 6.61 Å². The Bertz CT molecular complexity index is 1120. The third-order valence-corrected chi connectivity index (χ3v) is 4.79. The molecule has 1 amide bonds. The van der Waals surface area contributed by atoms with Crippen molar-refractivity contribution >= 4 is 57.2 Å². The van der Waals surface area contributed by atoms with Gasteiger partial charge in [0.1, 0.15) is 11.5 Å². The molecule has 0 radical (unpaired) electrons. The molecule has 0 aromatic heterocycles. The Balaban J connectivity index is 1.61. The Kier molecular flexibility index (Phi) is 8.06. The number of hydrazone groups is 1. The van der Waals surface area contributed by atoms with Crippen molar-refractivity contribution in [2.24, 2.45) is 5.10 Å². The zero-order valence-corrected chi connectivity index (χ0v) is 18.9. The molecule has 0 bridgehead atoms. The minimum Gasteiger partial charge on any atom is -0.484 e. The molecule has 0 aliphatic rings. The summed E-state index contributed by atoms with van der Waals surface area (Å²) in [5.74, 6) is -0.273. The molecule has 0 fully saturated rings. The molecule has 0 atom stereocenters. The van der Waals surface area contributed by atoms with Gasteiger partial charge in [-0.25, -0.2) is 10.2 Å². The molecule has 3 rings (SSSR count). The van der Waals surface area contributed by atoms with Gasteiger partial charge in [-0.05, 0) is 60.7 Å². The van der Waals surface area contributed by atoms with Crippen LogP contribution in [0.4, 0.5) is 0 Å². The van der Waals surface area contributed by atoms with Gasteiger partial charge in [0.05, 0.1) is 11.8 Å². The second kappa shape index (κ2) is 10.9. The summed E-state index contributed by atoms with van der Waals surface area (Å²) in [6.45, 7) is -0.241. The fourth-order valence-electron chi connectivity index (χ4n) is 2.37. The van der Waals surface area contributed by atoms with E-state index in [1.54, 1.807) is 66.7 Å². The van der Waals surface area contributed by atoms with Crippen LogP contribution in [0.2, 0.25) is 10.0 Å². The Hall–Kier alpha value is -2.87. The van der Waals surface area contributed by atoms with Gasteiger partial charge in [-0.2, -0.15) is 5.10 Å². The lowest BCUT2D eigenvalue weighted by atomic mass is 10.2. The summed E-state index contributed by atoms with van der Waals surface area (Å²) in [6.07, 6.45) is 1.37. The zero-order valence-electron chi connectivity index (χ0n) is 15.8. The first-order valence-electron chi connectivity index (χ1n) is 8.88. The third-order valence-electron chi connectivity index (χ3n) is 3.81. The predicted octanol–water partition coefficient (Wildman–Crippen LogP) is 5.50. The second-order valence-electron chi connectivity index (χ2n) is 6.12. The lowest BCUT2D eigenvalue weighted by Crippen LogP contribution is -2.24. The number of benzene rings is 3. The number of nitrogens with zero attached hydrogens (tertiary/aromatic N) is 1. The number of carbonyl (C=O) groups is 2. The van der Waals surface area contributed by atoms with Crippen molar-refractivity contribution in [1.29, 1.82) is 0 Å². The highest BCUT2D eigenvalue weighted by Gasteiger charge is 2.12. The number of rotatable bonds is 7. The van der Waals surface area contributed by atoms with Crippen LogP contribution in [-0.4, -0.2) is 24.7 Å². The Morgan fingerprint density at radius 1 is 1.00 bits per heavy atom. The Morgan fingerprint density at radius 3 is 2.52 bits per heavy atom. The summed E-state index contributed by atoms with van der Waals surface area (Å²) in [7, 11) is 0. The van der Waals surface area contributed by atoms with E-state index in [-0.39, 0.29) is 12.4 Å². The molecule has 3 aromatic carbocycles. The number of halogens is 3.